The molecule has 0 bridgehead atoms. The lowest BCUT2D eigenvalue weighted by Crippen LogP contribution is -2.34. The van der Waals surface area contributed by atoms with Gasteiger partial charge in [0, 0.05) is 18.7 Å². The van der Waals surface area contributed by atoms with Gasteiger partial charge in [0.25, 0.3) is 5.91 Å². The molecule has 32 heavy (non-hydrogen) atoms. The Hall–Kier alpha value is -3.26. The number of carbonyl (C=O) groups excluding carboxylic acids is 1. The lowest BCUT2D eigenvalue weighted by Gasteiger charge is -2.26. The van der Waals surface area contributed by atoms with Crippen molar-refractivity contribution in [2.45, 2.75) is 25.3 Å². The van der Waals surface area contributed by atoms with Gasteiger partial charge in [-0.2, -0.15) is 8.42 Å². The van der Waals surface area contributed by atoms with Crippen molar-refractivity contribution in [2.75, 3.05) is 6.54 Å². The van der Waals surface area contributed by atoms with Crippen LogP contribution in [0.3, 0.4) is 0 Å². The molecule has 0 aliphatic rings. The standard InChI is InChI=1S/C24H23F2NO4S/c1-17(2)15-27(24(28)21-8-4-5-9-22(21)26)16-18-7-3-6-10-23(18)31-32(29,30)20-13-11-19(25)12-14-20/h3-14,17H,15-16H2,1-2H3. The van der Waals surface area contributed by atoms with E-state index >= 15 is 0 Å². The number of rotatable bonds is 8. The molecule has 3 rings (SSSR count). The number of halogens is 2. The lowest BCUT2D eigenvalue weighted by atomic mass is 10.1. The van der Waals surface area contributed by atoms with Gasteiger partial charge in [-0.3, -0.25) is 4.79 Å². The van der Waals surface area contributed by atoms with Crippen LogP contribution in [0, 0.1) is 17.6 Å². The van der Waals surface area contributed by atoms with E-state index < -0.39 is 27.7 Å². The van der Waals surface area contributed by atoms with Crippen LogP contribution in [0.1, 0.15) is 29.8 Å². The molecule has 0 aromatic heterocycles. The number of carbonyl (C=O) groups is 1. The molecule has 8 heteroatoms. The maximum Gasteiger partial charge on any atom is 0.339 e. The predicted octanol–water partition coefficient (Wildman–Crippen LogP) is 5.03. The summed E-state index contributed by atoms with van der Waals surface area (Å²) >= 11 is 0. The monoisotopic (exact) mass is 459 g/mol. The summed E-state index contributed by atoms with van der Waals surface area (Å²) in [6.07, 6.45) is 0. The molecular weight excluding hydrogens is 436 g/mol. The Morgan fingerprint density at radius 1 is 0.938 bits per heavy atom. The van der Waals surface area contributed by atoms with Crippen molar-refractivity contribution in [3.05, 3.63) is 95.6 Å². The van der Waals surface area contributed by atoms with E-state index in [0.29, 0.717) is 12.1 Å². The first-order chi connectivity index (χ1) is 15.2. The van der Waals surface area contributed by atoms with Gasteiger partial charge in [0.2, 0.25) is 0 Å². The molecule has 0 unspecified atom stereocenters. The molecule has 0 saturated heterocycles. The zero-order chi connectivity index (χ0) is 23.3. The van der Waals surface area contributed by atoms with Gasteiger partial charge in [-0.05, 0) is 48.4 Å². The molecule has 0 atom stereocenters. The molecule has 1 amide bonds. The third kappa shape index (κ3) is 5.70. The second kappa shape index (κ2) is 9.91. The van der Waals surface area contributed by atoms with Gasteiger partial charge in [-0.1, -0.05) is 44.2 Å². The van der Waals surface area contributed by atoms with Crippen molar-refractivity contribution in [3.8, 4) is 5.75 Å². The third-order valence-electron chi connectivity index (χ3n) is 4.61. The molecule has 0 fully saturated rings. The molecule has 168 valence electrons. The predicted molar refractivity (Wildman–Crippen MR) is 117 cm³/mol. The molecule has 0 spiro atoms. The molecule has 3 aromatic rings. The summed E-state index contributed by atoms with van der Waals surface area (Å²) in [6.45, 7) is 4.18. The smallest absolute Gasteiger partial charge is 0.339 e. The van der Waals surface area contributed by atoms with E-state index in [-0.39, 0.29) is 28.7 Å². The highest BCUT2D eigenvalue weighted by molar-refractivity contribution is 7.87. The molecule has 3 aromatic carbocycles. The van der Waals surface area contributed by atoms with E-state index in [1.165, 1.54) is 29.2 Å². The summed E-state index contributed by atoms with van der Waals surface area (Å²) in [6, 6.07) is 16.4. The Bertz CT molecular complexity index is 1190. The van der Waals surface area contributed by atoms with Crippen molar-refractivity contribution < 1.29 is 26.2 Å². The van der Waals surface area contributed by atoms with Gasteiger partial charge in [0.05, 0.1) is 5.56 Å². The fourth-order valence-electron chi connectivity index (χ4n) is 3.15. The Morgan fingerprint density at radius 3 is 2.22 bits per heavy atom. The molecule has 0 aliphatic carbocycles. The normalized spacial score (nSPS) is 11.4. The number of hydrogen-bond acceptors (Lipinski definition) is 4. The first-order valence-electron chi connectivity index (χ1n) is 9.99. The van der Waals surface area contributed by atoms with E-state index in [4.69, 9.17) is 4.18 Å². The minimum atomic E-state index is -4.22. The Kier molecular flexibility index (Phi) is 7.25. The number of amides is 1. The Labute approximate surface area is 186 Å². The summed E-state index contributed by atoms with van der Waals surface area (Å²) in [5, 5.41) is 0. The van der Waals surface area contributed by atoms with Crippen LogP contribution in [0.15, 0.2) is 77.7 Å². The molecule has 0 heterocycles. The van der Waals surface area contributed by atoms with E-state index in [1.807, 2.05) is 13.8 Å². The van der Waals surface area contributed by atoms with Crippen molar-refractivity contribution in [1.82, 2.24) is 4.90 Å². The SMILES string of the molecule is CC(C)CN(Cc1ccccc1OS(=O)(=O)c1ccc(F)cc1)C(=O)c1ccccc1F. The van der Waals surface area contributed by atoms with Crippen molar-refractivity contribution >= 4 is 16.0 Å². The van der Waals surface area contributed by atoms with Crippen LogP contribution in [-0.2, 0) is 16.7 Å². The van der Waals surface area contributed by atoms with Gasteiger partial charge in [0.15, 0.2) is 0 Å². The molecular formula is C24H23F2NO4S. The third-order valence-corrected chi connectivity index (χ3v) is 5.86. The van der Waals surface area contributed by atoms with Crippen molar-refractivity contribution in [1.29, 1.82) is 0 Å². The fourth-order valence-corrected chi connectivity index (χ4v) is 4.12. The van der Waals surface area contributed by atoms with Gasteiger partial charge in [-0.25, -0.2) is 8.78 Å². The van der Waals surface area contributed by atoms with Crippen molar-refractivity contribution in [2.24, 2.45) is 5.92 Å². The Morgan fingerprint density at radius 2 is 1.56 bits per heavy atom. The van der Waals surface area contributed by atoms with Gasteiger partial charge in [0.1, 0.15) is 22.3 Å². The number of hydrogen-bond donors (Lipinski definition) is 0. The molecule has 0 N–H and O–H groups in total. The second-order valence-electron chi connectivity index (χ2n) is 7.66. The largest absolute Gasteiger partial charge is 0.379 e. The first kappa shape index (κ1) is 23.4. The van der Waals surface area contributed by atoms with Crippen LogP contribution in [0.25, 0.3) is 0 Å². The van der Waals surface area contributed by atoms with E-state index in [2.05, 4.69) is 0 Å². The zero-order valence-electron chi connectivity index (χ0n) is 17.7. The number of benzene rings is 3. The minimum Gasteiger partial charge on any atom is -0.379 e. The molecule has 0 aliphatic heterocycles. The van der Waals surface area contributed by atoms with Gasteiger partial charge < -0.3 is 9.08 Å². The number of para-hydroxylation sites is 1. The highest BCUT2D eigenvalue weighted by Gasteiger charge is 2.23. The summed E-state index contributed by atoms with van der Waals surface area (Å²) in [7, 11) is -4.22. The molecule has 0 radical (unpaired) electrons. The minimum absolute atomic E-state index is 0.0143. The number of nitrogens with zero attached hydrogens (tertiary/aromatic N) is 1. The van der Waals surface area contributed by atoms with E-state index in [9.17, 15) is 22.0 Å². The summed E-state index contributed by atoms with van der Waals surface area (Å²) in [5.41, 5.74) is 0.369. The summed E-state index contributed by atoms with van der Waals surface area (Å²) in [5.74, 6) is -1.59. The highest BCUT2D eigenvalue weighted by atomic mass is 32.2. The quantitative estimate of drug-likeness (QED) is 0.443. The average Bonchev–Trinajstić information content (AvgIpc) is 2.74. The second-order valence-corrected chi connectivity index (χ2v) is 9.20. The fraction of sp³-hybridized carbons (Fsp3) is 0.208. The highest BCUT2D eigenvalue weighted by Crippen LogP contribution is 2.26. The Balaban J connectivity index is 1.91. The average molecular weight is 460 g/mol. The van der Waals surface area contributed by atoms with Crippen molar-refractivity contribution in [3.63, 3.8) is 0 Å². The van der Waals surface area contributed by atoms with Crippen LogP contribution >= 0.6 is 0 Å². The first-order valence-corrected chi connectivity index (χ1v) is 11.4. The zero-order valence-corrected chi connectivity index (χ0v) is 18.5. The molecule has 0 saturated carbocycles. The van der Waals surface area contributed by atoms with E-state index in [0.717, 1.165) is 24.3 Å². The van der Waals surface area contributed by atoms with E-state index in [1.54, 1.807) is 24.3 Å². The van der Waals surface area contributed by atoms with Crippen LogP contribution in [0.2, 0.25) is 0 Å². The van der Waals surface area contributed by atoms with Crippen LogP contribution < -0.4 is 4.18 Å². The molecule has 5 nitrogen and oxygen atoms in total. The topological polar surface area (TPSA) is 63.7 Å². The van der Waals surface area contributed by atoms with Crippen LogP contribution in [0.5, 0.6) is 5.75 Å². The maximum atomic E-state index is 14.2. The van der Waals surface area contributed by atoms with Gasteiger partial charge in [-0.15, -0.1) is 0 Å². The summed E-state index contributed by atoms with van der Waals surface area (Å²) < 4.78 is 58.0. The van der Waals surface area contributed by atoms with Crippen LogP contribution in [-0.4, -0.2) is 25.8 Å². The lowest BCUT2D eigenvalue weighted by molar-refractivity contribution is 0.0717. The van der Waals surface area contributed by atoms with Crippen LogP contribution in [0.4, 0.5) is 8.78 Å². The summed E-state index contributed by atoms with van der Waals surface area (Å²) in [4.78, 5) is 14.3. The van der Waals surface area contributed by atoms with Gasteiger partial charge >= 0.3 is 10.1 Å². The maximum absolute atomic E-state index is 14.2.